The first-order valence-corrected chi connectivity index (χ1v) is 19.9. The first-order valence-electron chi connectivity index (χ1n) is 19.9. The topological polar surface area (TPSA) is 94.2 Å². The minimum absolute atomic E-state index is 0.0686. The Morgan fingerprint density at radius 1 is 0.800 bits per heavy atom. The number of piperidine rings is 1. The summed E-state index contributed by atoms with van der Waals surface area (Å²) in [6.07, 6.45) is 3.03. The Hall–Kier alpha value is -4.73. The van der Waals surface area contributed by atoms with Crippen molar-refractivity contribution in [1.82, 2.24) is 25.3 Å². The molecule has 0 bridgehead atoms. The largest absolute Gasteiger partial charge is 0.489 e. The first kappa shape index (κ1) is 37.2. The van der Waals surface area contributed by atoms with Crippen LogP contribution in [0.4, 0.5) is 0 Å². The third-order valence-electron chi connectivity index (χ3n) is 13.2. The van der Waals surface area contributed by atoms with Gasteiger partial charge in [-0.05, 0) is 109 Å². The summed E-state index contributed by atoms with van der Waals surface area (Å²) in [6.45, 7) is 27.1. The number of nitrogens with one attached hydrogen (secondary N) is 2. The van der Waals surface area contributed by atoms with Crippen LogP contribution in [0, 0.1) is 24.7 Å². The minimum Gasteiger partial charge on any atom is -0.489 e. The van der Waals surface area contributed by atoms with Crippen LogP contribution in [0.15, 0.2) is 67.4 Å². The number of nitrogens with zero attached hydrogens (tertiary/aromatic N) is 3. The molecular weight excluding hydrogens is 687 g/mol. The average Bonchev–Trinajstić information content (AvgIpc) is 3.56. The second-order valence-electron chi connectivity index (χ2n) is 17.8. The maximum atomic E-state index is 13.4. The van der Waals surface area contributed by atoms with E-state index in [9.17, 15) is 14.4 Å². The minimum atomic E-state index is -0.790. The van der Waals surface area contributed by atoms with Crippen LogP contribution in [0.3, 0.4) is 0 Å². The van der Waals surface area contributed by atoms with Gasteiger partial charge in [-0.3, -0.25) is 24.2 Å². The summed E-state index contributed by atoms with van der Waals surface area (Å²) in [4.78, 5) is 45.5. The number of carbonyl (C=O) groups is 3. The van der Waals surface area contributed by atoms with E-state index in [0.29, 0.717) is 29.7 Å². The zero-order valence-corrected chi connectivity index (χ0v) is 33.3. The number of ether oxygens (including phenoxy) is 1. The van der Waals surface area contributed by atoms with Crippen molar-refractivity contribution >= 4 is 23.4 Å². The van der Waals surface area contributed by atoms with E-state index in [2.05, 4.69) is 112 Å². The standard InChI is InChI=1S/C46H55N5O4/c1-27-9-13-36(21-28(27)2)55-44-45(5,6)43(46(44,7)8)48-30(4)32-12-11-31-15-17-49(18-16-33(31)22-32)19-20-50-25-34-23-37-38(24-35(34)26-50)42(54)51(41(37)53)39-14-10-29(3)47-40(39)52/h9,11-13,21-24,39,43-44,48H,3-4,10,14-20,25-26H2,1-2,5-8H3,(H,47,52). The molecule has 1 saturated heterocycles. The number of rotatable bonds is 9. The van der Waals surface area contributed by atoms with Gasteiger partial charge >= 0.3 is 0 Å². The van der Waals surface area contributed by atoms with E-state index >= 15 is 0 Å². The quantitative estimate of drug-likeness (QED) is 0.241. The summed E-state index contributed by atoms with van der Waals surface area (Å²) < 4.78 is 6.64. The zero-order chi connectivity index (χ0) is 39.0. The van der Waals surface area contributed by atoms with E-state index in [1.54, 1.807) is 0 Å². The van der Waals surface area contributed by atoms with E-state index in [0.717, 1.165) is 85.1 Å². The Labute approximate surface area is 325 Å². The van der Waals surface area contributed by atoms with Crippen LogP contribution >= 0.6 is 0 Å². The molecular formula is C46H55N5O4. The van der Waals surface area contributed by atoms with Crippen molar-refractivity contribution in [1.29, 1.82) is 0 Å². The summed E-state index contributed by atoms with van der Waals surface area (Å²) in [5.41, 5.74) is 10.9. The van der Waals surface area contributed by atoms with Crippen LogP contribution in [0.5, 0.6) is 5.75 Å². The highest BCUT2D eigenvalue weighted by atomic mass is 16.5. The molecule has 9 heteroatoms. The maximum absolute atomic E-state index is 13.4. The van der Waals surface area contributed by atoms with Crippen LogP contribution in [-0.2, 0) is 30.7 Å². The van der Waals surface area contributed by atoms with E-state index in [1.807, 2.05) is 12.1 Å². The molecule has 1 atom stereocenters. The van der Waals surface area contributed by atoms with Gasteiger partial charge in [-0.15, -0.1) is 0 Å². The van der Waals surface area contributed by atoms with Gasteiger partial charge in [0.15, 0.2) is 0 Å². The van der Waals surface area contributed by atoms with Crippen molar-refractivity contribution in [3.05, 3.63) is 117 Å². The number of amides is 3. The van der Waals surface area contributed by atoms with E-state index in [4.69, 9.17) is 4.74 Å². The molecule has 4 aliphatic heterocycles. The highest BCUT2D eigenvalue weighted by molar-refractivity contribution is 6.23. The monoisotopic (exact) mass is 741 g/mol. The molecule has 3 amide bonds. The number of benzene rings is 3. The third-order valence-corrected chi connectivity index (χ3v) is 13.2. The fourth-order valence-electron chi connectivity index (χ4n) is 10.1. The SMILES string of the molecule is C=C1CCC(N2C(=O)c3cc4c(cc3C2=O)CN(CCN2CCc3ccc(C(=C)NC5C(C)(C)C(Oc6ccc(C)c(C)c6)C5(C)C)cc3CC2)C4)C(=O)N1. The van der Waals surface area contributed by atoms with Gasteiger partial charge in [0, 0.05) is 67.5 Å². The molecule has 5 aliphatic rings. The molecule has 1 saturated carbocycles. The number of hydrogen-bond acceptors (Lipinski definition) is 7. The molecule has 55 heavy (non-hydrogen) atoms. The Balaban J connectivity index is 0.847. The van der Waals surface area contributed by atoms with Gasteiger partial charge in [-0.25, -0.2) is 0 Å². The molecule has 4 heterocycles. The fourth-order valence-corrected chi connectivity index (χ4v) is 10.1. The molecule has 2 fully saturated rings. The normalized spacial score (nSPS) is 24.4. The Kier molecular flexibility index (Phi) is 9.32. The Morgan fingerprint density at radius 3 is 2.07 bits per heavy atom. The van der Waals surface area contributed by atoms with Gasteiger partial charge in [-0.2, -0.15) is 0 Å². The van der Waals surface area contributed by atoms with Crippen LogP contribution in [0.1, 0.15) is 100 Å². The van der Waals surface area contributed by atoms with Crippen molar-refractivity contribution in [2.75, 3.05) is 26.2 Å². The number of aryl methyl sites for hydroxylation is 2. The number of carbonyl (C=O) groups excluding carboxylic acids is 3. The molecule has 288 valence electrons. The second-order valence-corrected chi connectivity index (χ2v) is 17.8. The highest BCUT2D eigenvalue weighted by Gasteiger charge is 2.63. The van der Waals surface area contributed by atoms with Gasteiger partial charge in [0.1, 0.15) is 17.9 Å². The van der Waals surface area contributed by atoms with Gasteiger partial charge in [-0.1, -0.05) is 59.1 Å². The van der Waals surface area contributed by atoms with Crippen LogP contribution in [0.2, 0.25) is 0 Å². The van der Waals surface area contributed by atoms with Gasteiger partial charge in [0.05, 0.1) is 11.1 Å². The molecule has 0 spiro atoms. The van der Waals surface area contributed by atoms with Crippen LogP contribution < -0.4 is 15.4 Å². The fraction of sp³-hybridized carbons (Fsp3) is 0.457. The lowest BCUT2D eigenvalue weighted by Crippen LogP contribution is -2.73. The molecule has 1 aliphatic carbocycles. The van der Waals surface area contributed by atoms with Crippen LogP contribution in [0.25, 0.3) is 5.70 Å². The lowest BCUT2D eigenvalue weighted by molar-refractivity contribution is -0.163. The van der Waals surface area contributed by atoms with E-state index in [-0.39, 0.29) is 40.7 Å². The number of imide groups is 1. The molecule has 3 aromatic rings. The molecule has 1 unspecified atom stereocenters. The molecule has 0 radical (unpaired) electrons. The number of fused-ring (bicyclic) bond motifs is 3. The van der Waals surface area contributed by atoms with E-state index in [1.165, 1.54) is 22.3 Å². The third kappa shape index (κ3) is 6.59. The molecule has 8 rings (SSSR count). The summed E-state index contributed by atoms with van der Waals surface area (Å²) >= 11 is 0. The summed E-state index contributed by atoms with van der Waals surface area (Å²) in [5, 5.41) is 6.54. The van der Waals surface area contributed by atoms with Crippen molar-refractivity contribution in [2.45, 2.75) is 98.5 Å². The van der Waals surface area contributed by atoms with Gasteiger partial charge < -0.3 is 20.3 Å². The molecule has 9 nitrogen and oxygen atoms in total. The number of allylic oxidation sites excluding steroid dienone is 1. The number of hydrogen-bond donors (Lipinski definition) is 2. The maximum Gasteiger partial charge on any atom is 0.262 e. The van der Waals surface area contributed by atoms with Crippen molar-refractivity contribution in [3.8, 4) is 5.75 Å². The lowest BCUT2D eigenvalue weighted by Gasteiger charge is -2.63. The van der Waals surface area contributed by atoms with E-state index < -0.39 is 6.04 Å². The average molecular weight is 742 g/mol. The van der Waals surface area contributed by atoms with Crippen molar-refractivity contribution in [2.24, 2.45) is 10.8 Å². The molecule has 0 aromatic heterocycles. The van der Waals surface area contributed by atoms with Gasteiger partial charge in [0.25, 0.3) is 11.8 Å². The Morgan fingerprint density at radius 2 is 1.44 bits per heavy atom. The highest BCUT2D eigenvalue weighted by Crippen LogP contribution is 2.56. The van der Waals surface area contributed by atoms with Crippen LogP contribution in [-0.4, -0.2) is 76.8 Å². The predicted molar refractivity (Wildman–Crippen MR) is 216 cm³/mol. The second kappa shape index (κ2) is 13.8. The Bertz CT molecular complexity index is 2070. The molecule has 3 aromatic carbocycles. The van der Waals surface area contributed by atoms with Crippen molar-refractivity contribution in [3.63, 3.8) is 0 Å². The smallest absolute Gasteiger partial charge is 0.262 e. The van der Waals surface area contributed by atoms with Gasteiger partial charge in [0.2, 0.25) is 5.91 Å². The van der Waals surface area contributed by atoms with Crippen molar-refractivity contribution < 1.29 is 19.1 Å². The summed E-state index contributed by atoms with van der Waals surface area (Å²) in [7, 11) is 0. The molecule has 2 N–H and O–H groups in total. The summed E-state index contributed by atoms with van der Waals surface area (Å²) in [5.74, 6) is -0.148. The lowest BCUT2D eigenvalue weighted by atomic mass is 9.49. The predicted octanol–water partition coefficient (Wildman–Crippen LogP) is 6.55. The summed E-state index contributed by atoms with van der Waals surface area (Å²) in [6, 6.07) is 16.4. The zero-order valence-electron chi connectivity index (χ0n) is 33.3. The first-order chi connectivity index (χ1) is 26.1.